The lowest BCUT2D eigenvalue weighted by Gasteiger charge is -2.13. The van der Waals surface area contributed by atoms with Crippen molar-refractivity contribution in [1.29, 1.82) is 0 Å². The highest BCUT2D eigenvalue weighted by Crippen LogP contribution is 2.19. The van der Waals surface area contributed by atoms with E-state index in [-0.39, 0.29) is 5.56 Å². The van der Waals surface area contributed by atoms with E-state index >= 15 is 0 Å². The van der Waals surface area contributed by atoms with Crippen molar-refractivity contribution >= 4 is 22.5 Å². The number of aryl methyl sites for hydroxylation is 1. The molecule has 0 aliphatic carbocycles. The molecular formula is C11H17NOS2. The van der Waals surface area contributed by atoms with Crippen molar-refractivity contribution < 1.29 is 0 Å². The second-order valence-electron chi connectivity index (χ2n) is 3.68. The first kappa shape index (κ1) is 12.7. The zero-order valence-corrected chi connectivity index (χ0v) is 11.1. The number of unbranched alkanes of at least 4 members (excludes halogenated alkanes) is 1. The third-order valence-electron chi connectivity index (χ3n) is 2.61. The smallest absolute Gasteiger partial charge is 0.265 e. The molecule has 0 atom stereocenters. The van der Waals surface area contributed by atoms with Gasteiger partial charge in [-0.3, -0.25) is 4.79 Å². The van der Waals surface area contributed by atoms with Crippen LogP contribution >= 0.6 is 22.5 Å². The number of thiol groups is 1. The fraction of sp³-hybridized carbons (Fsp3) is 0.545. The summed E-state index contributed by atoms with van der Waals surface area (Å²) in [6, 6.07) is 1.91. The van der Waals surface area contributed by atoms with Crippen molar-refractivity contribution in [1.82, 2.24) is 4.57 Å². The number of aromatic nitrogens is 1. The van der Waals surface area contributed by atoms with Gasteiger partial charge in [0, 0.05) is 12.2 Å². The lowest BCUT2D eigenvalue weighted by atomic mass is 10.2. The normalized spacial score (nSPS) is 10.7. The largest absolute Gasteiger partial charge is 0.312 e. The Balaban J connectivity index is 3.22. The zero-order valence-electron chi connectivity index (χ0n) is 9.41. The third kappa shape index (κ3) is 2.82. The molecule has 15 heavy (non-hydrogen) atoms. The van der Waals surface area contributed by atoms with Gasteiger partial charge in [0.1, 0.15) is 0 Å². The maximum absolute atomic E-state index is 12.0. The van der Waals surface area contributed by atoms with Crippen LogP contribution in [0.2, 0.25) is 0 Å². The van der Waals surface area contributed by atoms with E-state index in [0.717, 1.165) is 35.5 Å². The molecule has 0 amide bonds. The third-order valence-corrected chi connectivity index (χ3v) is 3.69. The summed E-state index contributed by atoms with van der Waals surface area (Å²) in [4.78, 5) is 12.7. The molecule has 0 aliphatic rings. The monoisotopic (exact) mass is 243 g/mol. The van der Waals surface area contributed by atoms with Gasteiger partial charge in [-0.25, -0.2) is 0 Å². The number of hydrogen-bond donors (Lipinski definition) is 1. The van der Waals surface area contributed by atoms with Crippen LogP contribution in [0, 0.1) is 13.8 Å². The Morgan fingerprint density at radius 3 is 2.67 bits per heavy atom. The van der Waals surface area contributed by atoms with Crippen LogP contribution in [0.4, 0.5) is 0 Å². The SMILES string of the molecule is CCCCn1c(C)c(C)cc(SS)c1=O. The van der Waals surface area contributed by atoms with E-state index in [2.05, 4.69) is 18.6 Å². The number of pyridine rings is 1. The van der Waals surface area contributed by atoms with Crippen molar-refractivity contribution in [3.63, 3.8) is 0 Å². The van der Waals surface area contributed by atoms with E-state index in [1.54, 1.807) is 0 Å². The fourth-order valence-electron chi connectivity index (χ4n) is 1.51. The first-order chi connectivity index (χ1) is 7.11. The van der Waals surface area contributed by atoms with Crippen molar-refractivity contribution in [2.75, 3.05) is 0 Å². The summed E-state index contributed by atoms with van der Waals surface area (Å²) in [6.45, 7) is 6.97. The molecule has 0 N–H and O–H groups in total. The summed E-state index contributed by atoms with van der Waals surface area (Å²) in [7, 11) is 1.23. The van der Waals surface area contributed by atoms with Crippen LogP contribution in [-0.4, -0.2) is 4.57 Å². The molecule has 2 nitrogen and oxygen atoms in total. The van der Waals surface area contributed by atoms with E-state index in [1.165, 1.54) is 10.8 Å². The van der Waals surface area contributed by atoms with Gasteiger partial charge in [-0.05, 0) is 31.9 Å². The predicted molar refractivity (Wildman–Crippen MR) is 69.9 cm³/mol. The Bertz CT molecular complexity index is 398. The Morgan fingerprint density at radius 1 is 1.47 bits per heavy atom. The minimum absolute atomic E-state index is 0.0894. The van der Waals surface area contributed by atoms with Gasteiger partial charge in [-0.15, -0.1) is 11.7 Å². The van der Waals surface area contributed by atoms with Crippen LogP contribution in [-0.2, 0) is 6.54 Å². The minimum atomic E-state index is 0.0894. The molecule has 0 aromatic carbocycles. The topological polar surface area (TPSA) is 22.0 Å². The predicted octanol–water partition coefficient (Wildman–Crippen LogP) is 3.20. The number of nitrogens with zero attached hydrogens (tertiary/aromatic N) is 1. The number of rotatable bonds is 4. The second-order valence-corrected chi connectivity index (χ2v) is 4.85. The van der Waals surface area contributed by atoms with Crippen LogP contribution in [0.3, 0.4) is 0 Å². The lowest BCUT2D eigenvalue weighted by Crippen LogP contribution is -2.24. The molecule has 0 radical (unpaired) electrons. The van der Waals surface area contributed by atoms with E-state index in [9.17, 15) is 4.79 Å². The van der Waals surface area contributed by atoms with Gasteiger partial charge in [-0.2, -0.15) is 0 Å². The maximum atomic E-state index is 12.0. The molecule has 84 valence electrons. The van der Waals surface area contributed by atoms with Crippen LogP contribution < -0.4 is 5.56 Å². The molecule has 1 heterocycles. The van der Waals surface area contributed by atoms with Crippen LogP contribution in [0.15, 0.2) is 15.8 Å². The van der Waals surface area contributed by atoms with E-state index in [1.807, 2.05) is 24.5 Å². The molecule has 1 aromatic heterocycles. The zero-order chi connectivity index (χ0) is 11.4. The first-order valence-electron chi connectivity index (χ1n) is 5.14. The Hall–Kier alpha value is -0.350. The number of hydrogen-bond acceptors (Lipinski definition) is 3. The highest BCUT2D eigenvalue weighted by Gasteiger charge is 2.08. The van der Waals surface area contributed by atoms with Gasteiger partial charge in [-0.1, -0.05) is 24.1 Å². The maximum Gasteiger partial charge on any atom is 0.265 e. The summed E-state index contributed by atoms with van der Waals surface area (Å²) < 4.78 is 1.86. The molecule has 4 heteroatoms. The second kappa shape index (κ2) is 5.66. The lowest BCUT2D eigenvalue weighted by molar-refractivity contribution is 0.588. The van der Waals surface area contributed by atoms with Gasteiger partial charge in [0.25, 0.3) is 5.56 Å². The summed E-state index contributed by atoms with van der Waals surface area (Å²) in [5, 5.41) is 0. The Labute approximate surface area is 99.9 Å². The van der Waals surface area contributed by atoms with Crippen LogP contribution in [0.1, 0.15) is 31.0 Å². The summed E-state index contributed by atoms with van der Waals surface area (Å²) in [5.74, 6) is 0. The van der Waals surface area contributed by atoms with Gasteiger partial charge in [0.05, 0.1) is 4.90 Å². The molecule has 0 saturated carbocycles. The van der Waals surface area contributed by atoms with Crippen molar-refractivity contribution in [2.45, 2.75) is 45.1 Å². The van der Waals surface area contributed by atoms with Crippen LogP contribution in [0.25, 0.3) is 0 Å². The molecule has 0 aliphatic heterocycles. The molecule has 0 unspecified atom stereocenters. The molecule has 1 rings (SSSR count). The molecule has 0 saturated heterocycles. The van der Waals surface area contributed by atoms with Gasteiger partial charge in [0.15, 0.2) is 0 Å². The van der Waals surface area contributed by atoms with Gasteiger partial charge < -0.3 is 4.57 Å². The van der Waals surface area contributed by atoms with Gasteiger partial charge >= 0.3 is 0 Å². The molecule has 0 bridgehead atoms. The summed E-state index contributed by atoms with van der Waals surface area (Å²) in [5.41, 5.74) is 2.31. The van der Waals surface area contributed by atoms with E-state index in [4.69, 9.17) is 0 Å². The molecule has 0 spiro atoms. The van der Waals surface area contributed by atoms with Crippen LogP contribution in [0.5, 0.6) is 0 Å². The summed E-state index contributed by atoms with van der Waals surface area (Å²) >= 11 is 4.10. The highest BCUT2D eigenvalue weighted by atomic mass is 33.1. The minimum Gasteiger partial charge on any atom is -0.312 e. The standard InChI is InChI=1S/C11H17NOS2/c1-4-5-6-12-9(3)8(2)7-10(15-14)11(12)13/h7,14H,4-6H2,1-3H3. The quantitative estimate of drug-likeness (QED) is 0.648. The molecule has 0 fully saturated rings. The van der Waals surface area contributed by atoms with Crippen molar-refractivity contribution in [2.24, 2.45) is 0 Å². The van der Waals surface area contributed by atoms with Gasteiger partial charge in [0.2, 0.25) is 0 Å². The average Bonchev–Trinajstić information content (AvgIpc) is 2.23. The van der Waals surface area contributed by atoms with Crippen molar-refractivity contribution in [3.05, 3.63) is 27.7 Å². The van der Waals surface area contributed by atoms with E-state index < -0.39 is 0 Å². The Morgan fingerprint density at radius 2 is 2.13 bits per heavy atom. The molecule has 1 aromatic rings. The highest BCUT2D eigenvalue weighted by molar-refractivity contribution is 8.68. The first-order valence-corrected chi connectivity index (χ1v) is 7.01. The Kier molecular flexibility index (Phi) is 4.80. The summed E-state index contributed by atoms with van der Waals surface area (Å²) in [6.07, 6.45) is 2.14. The fourth-order valence-corrected chi connectivity index (χ4v) is 2.32. The molecular weight excluding hydrogens is 226 g/mol. The van der Waals surface area contributed by atoms with E-state index in [0.29, 0.717) is 0 Å². The van der Waals surface area contributed by atoms with Crippen molar-refractivity contribution in [3.8, 4) is 0 Å². The average molecular weight is 243 g/mol.